The number of carbonyl (C=O) groups excluding carboxylic acids is 1. The standard InChI is InChI=1S/C16H10Cl2N2O/c17-10-5-7-11(8-6-10)20-16(21)14-9-19-15(18)13-4-2-1-3-12(13)14/h1-9H,(H,20,21). The molecule has 5 heteroatoms. The van der Waals surface area contributed by atoms with E-state index in [-0.39, 0.29) is 5.91 Å². The minimum absolute atomic E-state index is 0.238. The van der Waals surface area contributed by atoms with Gasteiger partial charge in [0, 0.05) is 22.3 Å². The molecule has 0 bridgehead atoms. The molecule has 0 aliphatic carbocycles. The lowest BCUT2D eigenvalue weighted by molar-refractivity contribution is 0.102. The second-order valence-electron chi connectivity index (χ2n) is 4.47. The summed E-state index contributed by atoms with van der Waals surface area (Å²) >= 11 is 11.9. The Labute approximate surface area is 131 Å². The second-order valence-corrected chi connectivity index (χ2v) is 5.26. The maximum absolute atomic E-state index is 12.4. The smallest absolute Gasteiger partial charge is 0.257 e. The molecular formula is C16H10Cl2N2O. The van der Waals surface area contributed by atoms with Crippen molar-refractivity contribution in [3.8, 4) is 0 Å². The first-order valence-corrected chi connectivity index (χ1v) is 7.01. The van der Waals surface area contributed by atoms with Crippen molar-refractivity contribution in [2.24, 2.45) is 0 Å². The van der Waals surface area contributed by atoms with Gasteiger partial charge in [0.15, 0.2) is 0 Å². The molecule has 0 aliphatic rings. The fourth-order valence-electron chi connectivity index (χ4n) is 2.07. The van der Waals surface area contributed by atoms with E-state index < -0.39 is 0 Å². The lowest BCUT2D eigenvalue weighted by Gasteiger charge is -2.08. The topological polar surface area (TPSA) is 42.0 Å². The molecular weight excluding hydrogens is 307 g/mol. The summed E-state index contributed by atoms with van der Waals surface area (Å²) in [6, 6.07) is 14.3. The van der Waals surface area contributed by atoms with E-state index in [1.54, 1.807) is 24.3 Å². The van der Waals surface area contributed by atoms with Crippen LogP contribution in [0.4, 0.5) is 5.69 Å². The third-order valence-electron chi connectivity index (χ3n) is 3.09. The van der Waals surface area contributed by atoms with Crippen molar-refractivity contribution in [2.45, 2.75) is 0 Å². The molecule has 0 fully saturated rings. The van der Waals surface area contributed by atoms with Gasteiger partial charge in [-0.25, -0.2) is 4.98 Å². The average Bonchev–Trinajstić information content (AvgIpc) is 2.50. The molecule has 1 amide bonds. The fourth-order valence-corrected chi connectivity index (χ4v) is 2.41. The number of rotatable bonds is 2. The molecule has 0 radical (unpaired) electrons. The van der Waals surface area contributed by atoms with Crippen LogP contribution < -0.4 is 5.32 Å². The molecule has 0 unspecified atom stereocenters. The van der Waals surface area contributed by atoms with Gasteiger partial charge < -0.3 is 5.32 Å². The summed E-state index contributed by atoms with van der Waals surface area (Å²) in [4.78, 5) is 16.5. The summed E-state index contributed by atoms with van der Waals surface area (Å²) in [5, 5.41) is 5.34. The van der Waals surface area contributed by atoms with E-state index >= 15 is 0 Å². The van der Waals surface area contributed by atoms with Crippen LogP contribution in [-0.2, 0) is 0 Å². The van der Waals surface area contributed by atoms with Crippen LogP contribution >= 0.6 is 23.2 Å². The van der Waals surface area contributed by atoms with Gasteiger partial charge in [0.2, 0.25) is 0 Å². The molecule has 0 saturated carbocycles. The van der Waals surface area contributed by atoms with Gasteiger partial charge in [-0.05, 0) is 29.7 Å². The number of amides is 1. The number of halogens is 2. The minimum Gasteiger partial charge on any atom is -0.322 e. The first-order chi connectivity index (χ1) is 10.1. The molecule has 1 N–H and O–H groups in total. The van der Waals surface area contributed by atoms with Crippen molar-refractivity contribution >= 4 is 45.6 Å². The predicted octanol–water partition coefficient (Wildman–Crippen LogP) is 4.79. The highest BCUT2D eigenvalue weighted by Gasteiger charge is 2.12. The highest BCUT2D eigenvalue weighted by molar-refractivity contribution is 6.35. The van der Waals surface area contributed by atoms with Gasteiger partial charge in [-0.1, -0.05) is 47.5 Å². The zero-order chi connectivity index (χ0) is 14.8. The van der Waals surface area contributed by atoms with E-state index in [0.29, 0.717) is 21.4 Å². The monoisotopic (exact) mass is 316 g/mol. The summed E-state index contributed by atoms with van der Waals surface area (Å²) in [7, 11) is 0. The number of hydrogen-bond acceptors (Lipinski definition) is 2. The summed E-state index contributed by atoms with van der Waals surface area (Å²) < 4.78 is 0. The normalized spacial score (nSPS) is 10.6. The quantitative estimate of drug-likeness (QED) is 0.690. The first-order valence-electron chi connectivity index (χ1n) is 6.25. The maximum atomic E-state index is 12.4. The Balaban J connectivity index is 1.98. The molecule has 1 heterocycles. The number of aromatic nitrogens is 1. The number of nitrogens with zero attached hydrogens (tertiary/aromatic N) is 1. The number of benzene rings is 2. The van der Waals surface area contributed by atoms with Crippen LogP contribution in [0.25, 0.3) is 10.8 Å². The van der Waals surface area contributed by atoms with Crippen LogP contribution in [0, 0.1) is 0 Å². The fraction of sp³-hybridized carbons (Fsp3) is 0. The highest BCUT2D eigenvalue weighted by Crippen LogP contribution is 2.25. The Hall–Kier alpha value is -2.10. The molecule has 104 valence electrons. The molecule has 21 heavy (non-hydrogen) atoms. The van der Waals surface area contributed by atoms with Gasteiger partial charge in [-0.2, -0.15) is 0 Å². The number of anilines is 1. The zero-order valence-corrected chi connectivity index (χ0v) is 12.3. The van der Waals surface area contributed by atoms with Crippen molar-refractivity contribution in [3.63, 3.8) is 0 Å². The predicted molar refractivity (Wildman–Crippen MR) is 86.2 cm³/mol. The molecule has 0 saturated heterocycles. The molecule has 0 spiro atoms. The van der Waals surface area contributed by atoms with Gasteiger partial charge in [0.05, 0.1) is 5.56 Å². The molecule has 0 atom stereocenters. The number of carbonyl (C=O) groups is 1. The van der Waals surface area contributed by atoms with E-state index in [1.807, 2.05) is 24.3 Å². The Morgan fingerprint density at radius 2 is 1.62 bits per heavy atom. The number of fused-ring (bicyclic) bond motifs is 1. The van der Waals surface area contributed by atoms with Gasteiger partial charge >= 0.3 is 0 Å². The van der Waals surface area contributed by atoms with Gasteiger partial charge in [0.1, 0.15) is 5.15 Å². The third-order valence-corrected chi connectivity index (χ3v) is 3.65. The van der Waals surface area contributed by atoms with Crippen molar-refractivity contribution in [1.82, 2.24) is 4.98 Å². The maximum Gasteiger partial charge on any atom is 0.257 e. The largest absolute Gasteiger partial charge is 0.322 e. The van der Waals surface area contributed by atoms with Crippen LogP contribution in [0.1, 0.15) is 10.4 Å². The molecule has 0 aliphatic heterocycles. The van der Waals surface area contributed by atoms with Crippen molar-refractivity contribution < 1.29 is 4.79 Å². The molecule has 2 aromatic carbocycles. The van der Waals surface area contributed by atoms with Crippen molar-refractivity contribution in [1.29, 1.82) is 0 Å². The average molecular weight is 317 g/mol. The SMILES string of the molecule is O=C(Nc1ccc(Cl)cc1)c1cnc(Cl)c2ccccc12. The summed E-state index contributed by atoms with van der Waals surface area (Å²) in [6.07, 6.45) is 1.48. The number of pyridine rings is 1. The summed E-state index contributed by atoms with van der Waals surface area (Å²) in [5.41, 5.74) is 1.15. The Bertz CT molecular complexity index is 816. The van der Waals surface area contributed by atoms with E-state index in [4.69, 9.17) is 23.2 Å². The van der Waals surface area contributed by atoms with Crippen molar-refractivity contribution in [2.75, 3.05) is 5.32 Å². The lowest BCUT2D eigenvalue weighted by Crippen LogP contribution is -2.12. The molecule has 3 rings (SSSR count). The van der Waals surface area contributed by atoms with Crippen LogP contribution in [0.15, 0.2) is 54.7 Å². The lowest BCUT2D eigenvalue weighted by atomic mass is 10.1. The Kier molecular flexibility index (Phi) is 3.78. The third kappa shape index (κ3) is 2.84. The molecule has 3 nitrogen and oxygen atoms in total. The van der Waals surface area contributed by atoms with E-state index in [0.717, 1.165) is 10.8 Å². The highest BCUT2D eigenvalue weighted by atomic mass is 35.5. The van der Waals surface area contributed by atoms with E-state index in [2.05, 4.69) is 10.3 Å². The summed E-state index contributed by atoms with van der Waals surface area (Å²) in [6.45, 7) is 0. The minimum atomic E-state index is -0.238. The zero-order valence-electron chi connectivity index (χ0n) is 10.8. The van der Waals surface area contributed by atoms with Crippen LogP contribution in [0.2, 0.25) is 10.2 Å². The van der Waals surface area contributed by atoms with Gasteiger partial charge in [0.25, 0.3) is 5.91 Å². The van der Waals surface area contributed by atoms with Crippen LogP contribution in [-0.4, -0.2) is 10.9 Å². The molecule has 3 aromatic rings. The van der Waals surface area contributed by atoms with Gasteiger partial charge in [-0.3, -0.25) is 4.79 Å². The Morgan fingerprint density at radius 1 is 0.952 bits per heavy atom. The van der Waals surface area contributed by atoms with Crippen LogP contribution in [0.3, 0.4) is 0 Å². The van der Waals surface area contributed by atoms with Crippen LogP contribution in [0.5, 0.6) is 0 Å². The first kappa shape index (κ1) is 13.9. The molecule has 1 aromatic heterocycles. The Morgan fingerprint density at radius 3 is 2.33 bits per heavy atom. The van der Waals surface area contributed by atoms with E-state index in [1.165, 1.54) is 6.20 Å². The van der Waals surface area contributed by atoms with Gasteiger partial charge in [-0.15, -0.1) is 0 Å². The number of nitrogens with one attached hydrogen (secondary N) is 1. The summed E-state index contributed by atoms with van der Waals surface area (Å²) in [5.74, 6) is -0.238. The van der Waals surface area contributed by atoms with E-state index in [9.17, 15) is 4.79 Å². The number of hydrogen-bond donors (Lipinski definition) is 1. The second kappa shape index (κ2) is 5.72. The van der Waals surface area contributed by atoms with Crippen molar-refractivity contribution in [3.05, 3.63) is 70.5 Å².